The Hall–Kier alpha value is -3.54. The van der Waals surface area contributed by atoms with Gasteiger partial charge in [-0.1, -0.05) is 36.4 Å². The molecule has 2 heterocycles. The van der Waals surface area contributed by atoms with Gasteiger partial charge in [-0.15, -0.1) is 5.10 Å². The molecular formula is C18H13N5O. The van der Waals surface area contributed by atoms with Crippen molar-refractivity contribution >= 4 is 22.5 Å². The second-order valence-electron chi connectivity index (χ2n) is 5.19. The molecule has 6 heteroatoms. The molecule has 0 fully saturated rings. The Labute approximate surface area is 137 Å². The summed E-state index contributed by atoms with van der Waals surface area (Å²) in [6.07, 6.45) is 3.14. The summed E-state index contributed by atoms with van der Waals surface area (Å²) in [6, 6.07) is 18.9. The topological polar surface area (TPSA) is 72.7 Å². The molecule has 4 aromatic rings. The van der Waals surface area contributed by atoms with Crippen molar-refractivity contribution in [3.8, 4) is 5.69 Å². The van der Waals surface area contributed by atoms with Crippen LogP contribution in [0.3, 0.4) is 0 Å². The van der Waals surface area contributed by atoms with Crippen molar-refractivity contribution in [2.45, 2.75) is 0 Å². The van der Waals surface area contributed by atoms with Gasteiger partial charge in [-0.25, -0.2) is 0 Å². The lowest BCUT2D eigenvalue weighted by atomic mass is 10.2. The van der Waals surface area contributed by atoms with Gasteiger partial charge in [0.15, 0.2) is 5.69 Å². The van der Waals surface area contributed by atoms with Crippen LogP contribution in [0.25, 0.3) is 16.6 Å². The number of carbonyl (C=O) groups is 1. The maximum absolute atomic E-state index is 12.4. The number of hydrogen-bond acceptors (Lipinski definition) is 4. The molecule has 0 atom stereocenters. The number of benzene rings is 2. The Balaban J connectivity index is 1.62. The molecule has 1 amide bonds. The summed E-state index contributed by atoms with van der Waals surface area (Å²) in [6.45, 7) is 0. The zero-order valence-corrected chi connectivity index (χ0v) is 12.6. The Kier molecular flexibility index (Phi) is 3.47. The number of rotatable bonds is 3. The molecule has 0 spiro atoms. The maximum atomic E-state index is 12.4. The highest BCUT2D eigenvalue weighted by atomic mass is 16.2. The fraction of sp³-hybridized carbons (Fsp3) is 0. The molecule has 0 unspecified atom stereocenters. The highest BCUT2D eigenvalue weighted by Crippen LogP contribution is 2.21. The number of aromatic nitrogens is 4. The van der Waals surface area contributed by atoms with Gasteiger partial charge in [0.1, 0.15) is 0 Å². The second-order valence-corrected chi connectivity index (χ2v) is 5.19. The third-order valence-corrected chi connectivity index (χ3v) is 3.59. The zero-order chi connectivity index (χ0) is 16.4. The number of fused-ring (bicyclic) bond motifs is 1. The minimum absolute atomic E-state index is 0.242. The fourth-order valence-corrected chi connectivity index (χ4v) is 2.44. The lowest BCUT2D eigenvalue weighted by Crippen LogP contribution is -2.13. The van der Waals surface area contributed by atoms with E-state index in [9.17, 15) is 4.79 Å². The van der Waals surface area contributed by atoms with Crippen molar-refractivity contribution in [1.29, 1.82) is 0 Å². The van der Waals surface area contributed by atoms with Crippen LogP contribution in [0.2, 0.25) is 0 Å². The molecule has 4 rings (SSSR count). The fourth-order valence-electron chi connectivity index (χ4n) is 2.44. The number of para-hydroxylation sites is 2. The van der Waals surface area contributed by atoms with Gasteiger partial charge in [0.05, 0.1) is 23.1 Å². The Morgan fingerprint density at radius 2 is 1.79 bits per heavy atom. The number of pyridine rings is 1. The molecule has 0 radical (unpaired) electrons. The van der Waals surface area contributed by atoms with Crippen LogP contribution in [0.15, 0.2) is 73.1 Å². The van der Waals surface area contributed by atoms with Crippen LogP contribution in [0, 0.1) is 0 Å². The quantitative estimate of drug-likeness (QED) is 0.630. The van der Waals surface area contributed by atoms with Crippen LogP contribution in [-0.2, 0) is 0 Å². The normalized spacial score (nSPS) is 10.7. The molecule has 2 aromatic heterocycles. The summed E-state index contributed by atoms with van der Waals surface area (Å²) >= 11 is 0. The van der Waals surface area contributed by atoms with Crippen LogP contribution < -0.4 is 5.32 Å². The van der Waals surface area contributed by atoms with Crippen molar-refractivity contribution < 1.29 is 4.79 Å². The number of carbonyl (C=O) groups excluding carboxylic acids is 1. The van der Waals surface area contributed by atoms with E-state index in [0.717, 1.165) is 16.6 Å². The molecule has 0 aliphatic carbocycles. The molecular weight excluding hydrogens is 302 g/mol. The Morgan fingerprint density at radius 1 is 0.958 bits per heavy atom. The second kappa shape index (κ2) is 5.92. The van der Waals surface area contributed by atoms with Gasteiger partial charge in [-0.3, -0.25) is 9.78 Å². The van der Waals surface area contributed by atoms with Crippen molar-refractivity contribution in [3.05, 3.63) is 78.8 Å². The van der Waals surface area contributed by atoms with E-state index in [0.29, 0.717) is 5.69 Å². The minimum Gasteiger partial charge on any atom is -0.319 e. The standard InChI is InChI=1S/C18H13N5O/c24-18(16-12-20-23(22-16)14-8-2-1-3-9-14)21-15-10-4-6-13-7-5-11-19-17(13)15/h1-12H,(H,21,24). The van der Waals surface area contributed by atoms with Crippen LogP contribution in [0.1, 0.15) is 10.5 Å². The molecule has 0 aliphatic rings. The van der Waals surface area contributed by atoms with E-state index in [1.807, 2.05) is 60.7 Å². The van der Waals surface area contributed by atoms with Crippen LogP contribution >= 0.6 is 0 Å². The largest absolute Gasteiger partial charge is 0.319 e. The highest BCUT2D eigenvalue weighted by molar-refractivity contribution is 6.07. The number of nitrogens with zero attached hydrogens (tertiary/aromatic N) is 4. The number of anilines is 1. The average molecular weight is 315 g/mol. The number of hydrogen-bond donors (Lipinski definition) is 1. The highest BCUT2D eigenvalue weighted by Gasteiger charge is 2.13. The first-order chi connectivity index (χ1) is 11.8. The van der Waals surface area contributed by atoms with E-state index in [1.165, 1.54) is 11.0 Å². The number of amides is 1. The lowest BCUT2D eigenvalue weighted by Gasteiger charge is -2.06. The van der Waals surface area contributed by atoms with Gasteiger partial charge in [-0.05, 0) is 24.3 Å². The maximum Gasteiger partial charge on any atom is 0.277 e. The molecule has 0 saturated heterocycles. The van der Waals surface area contributed by atoms with Gasteiger partial charge in [0.25, 0.3) is 5.91 Å². The SMILES string of the molecule is O=C(Nc1cccc2cccnc12)c1cnn(-c2ccccc2)n1. The zero-order valence-electron chi connectivity index (χ0n) is 12.6. The van der Waals surface area contributed by atoms with Crippen molar-refractivity contribution in [3.63, 3.8) is 0 Å². The van der Waals surface area contributed by atoms with E-state index in [1.54, 1.807) is 6.20 Å². The summed E-state index contributed by atoms with van der Waals surface area (Å²) < 4.78 is 0. The van der Waals surface area contributed by atoms with E-state index in [4.69, 9.17) is 0 Å². The van der Waals surface area contributed by atoms with E-state index < -0.39 is 0 Å². The summed E-state index contributed by atoms with van der Waals surface area (Å²) in [5.74, 6) is -0.324. The van der Waals surface area contributed by atoms with Gasteiger partial charge < -0.3 is 5.32 Å². The summed E-state index contributed by atoms with van der Waals surface area (Å²) in [5.41, 5.74) is 2.42. The van der Waals surface area contributed by atoms with Gasteiger partial charge in [0, 0.05) is 11.6 Å². The van der Waals surface area contributed by atoms with Crippen LogP contribution in [-0.4, -0.2) is 25.9 Å². The molecule has 2 aromatic carbocycles. The molecule has 24 heavy (non-hydrogen) atoms. The number of nitrogens with one attached hydrogen (secondary N) is 1. The molecule has 0 aliphatic heterocycles. The van der Waals surface area contributed by atoms with E-state index in [-0.39, 0.29) is 11.6 Å². The van der Waals surface area contributed by atoms with Gasteiger partial charge in [0.2, 0.25) is 0 Å². The van der Waals surface area contributed by atoms with E-state index in [2.05, 4.69) is 20.5 Å². The van der Waals surface area contributed by atoms with Crippen LogP contribution in [0.4, 0.5) is 5.69 Å². The first-order valence-electron chi connectivity index (χ1n) is 7.44. The third-order valence-electron chi connectivity index (χ3n) is 3.59. The summed E-state index contributed by atoms with van der Waals surface area (Å²) in [5, 5.41) is 12.2. The predicted octanol–water partition coefficient (Wildman–Crippen LogP) is 3.07. The smallest absolute Gasteiger partial charge is 0.277 e. The van der Waals surface area contributed by atoms with Crippen LogP contribution in [0.5, 0.6) is 0 Å². The predicted molar refractivity (Wildman–Crippen MR) is 91.1 cm³/mol. The molecule has 0 saturated carbocycles. The average Bonchev–Trinajstić information content (AvgIpc) is 3.13. The third kappa shape index (κ3) is 2.61. The molecule has 6 nitrogen and oxygen atoms in total. The van der Waals surface area contributed by atoms with Crippen molar-refractivity contribution in [2.75, 3.05) is 5.32 Å². The molecule has 0 bridgehead atoms. The minimum atomic E-state index is -0.324. The van der Waals surface area contributed by atoms with Gasteiger partial charge >= 0.3 is 0 Å². The molecule has 116 valence electrons. The van der Waals surface area contributed by atoms with Gasteiger partial charge in [-0.2, -0.15) is 9.90 Å². The lowest BCUT2D eigenvalue weighted by molar-refractivity contribution is 0.102. The summed E-state index contributed by atoms with van der Waals surface area (Å²) in [4.78, 5) is 18.2. The van der Waals surface area contributed by atoms with Crippen molar-refractivity contribution in [2.24, 2.45) is 0 Å². The first-order valence-corrected chi connectivity index (χ1v) is 7.44. The first kappa shape index (κ1) is 14.1. The van der Waals surface area contributed by atoms with E-state index >= 15 is 0 Å². The molecule has 1 N–H and O–H groups in total. The Bertz CT molecular complexity index is 1000. The van der Waals surface area contributed by atoms with Crippen molar-refractivity contribution in [1.82, 2.24) is 20.0 Å². The summed E-state index contributed by atoms with van der Waals surface area (Å²) in [7, 11) is 0. The Morgan fingerprint density at radius 3 is 2.67 bits per heavy atom. The monoisotopic (exact) mass is 315 g/mol.